The summed E-state index contributed by atoms with van der Waals surface area (Å²) >= 11 is 0. The standard InChI is InChI=1S/C11H20/c1-2-10-6-3-9-4-7-11(10)8-5-9/h9-11H,2-8H2,1H3. The van der Waals surface area contributed by atoms with Gasteiger partial charge in [0.25, 0.3) is 0 Å². The maximum atomic E-state index is 2.38. The van der Waals surface area contributed by atoms with Gasteiger partial charge in [0.1, 0.15) is 0 Å². The first-order chi connectivity index (χ1) is 5.40. The summed E-state index contributed by atoms with van der Waals surface area (Å²) in [4.78, 5) is 0. The van der Waals surface area contributed by atoms with Crippen molar-refractivity contribution in [2.75, 3.05) is 0 Å². The highest BCUT2D eigenvalue weighted by molar-refractivity contribution is 4.82. The monoisotopic (exact) mass is 152 g/mol. The van der Waals surface area contributed by atoms with Gasteiger partial charge in [-0.05, 0) is 37.0 Å². The van der Waals surface area contributed by atoms with Gasteiger partial charge in [0, 0.05) is 0 Å². The molecular formula is C11H20. The summed E-state index contributed by atoms with van der Waals surface area (Å²) in [5, 5.41) is 0. The van der Waals surface area contributed by atoms with Crippen LogP contribution in [-0.4, -0.2) is 0 Å². The van der Waals surface area contributed by atoms with Gasteiger partial charge in [0.05, 0.1) is 0 Å². The minimum atomic E-state index is 1.10. The maximum Gasteiger partial charge on any atom is -0.0386 e. The molecule has 3 saturated carbocycles. The first kappa shape index (κ1) is 7.64. The van der Waals surface area contributed by atoms with Gasteiger partial charge in [0.2, 0.25) is 0 Å². The molecule has 0 amide bonds. The second-order valence-corrected chi connectivity index (χ2v) is 4.53. The minimum absolute atomic E-state index is 1.10. The van der Waals surface area contributed by atoms with Crippen LogP contribution in [0.4, 0.5) is 0 Å². The van der Waals surface area contributed by atoms with E-state index in [0.29, 0.717) is 0 Å². The van der Waals surface area contributed by atoms with Crippen molar-refractivity contribution >= 4 is 0 Å². The normalized spacial score (nSPS) is 43.9. The lowest BCUT2D eigenvalue weighted by Crippen LogP contribution is -2.15. The van der Waals surface area contributed by atoms with Gasteiger partial charge < -0.3 is 0 Å². The molecule has 0 aromatic carbocycles. The van der Waals surface area contributed by atoms with Gasteiger partial charge in [-0.15, -0.1) is 0 Å². The first-order valence-electron chi connectivity index (χ1n) is 5.40. The van der Waals surface area contributed by atoms with E-state index >= 15 is 0 Å². The van der Waals surface area contributed by atoms with Crippen LogP contribution in [0.15, 0.2) is 0 Å². The third-order valence-corrected chi connectivity index (χ3v) is 4.03. The molecule has 0 aromatic rings. The quantitative estimate of drug-likeness (QED) is 0.538. The van der Waals surface area contributed by atoms with Crippen LogP contribution < -0.4 is 0 Å². The third kappa shape index (κ3) is 1.45. The molecule has 0 N–H and O–H groups in total. The molecule has 0 aliphatic heterocycles. The number of hydrogen-bond acceptors (Lipinski definition) is 0. The van der Waals surface area contributed by atoms with Crippen LogP contribution >= 0.6 is 0 Å². The van der Waals surface area contributed by atoms with Gasteiger partial charge in [-0.1, -0.05) is 32.6 Å². The van der Waals surface area contributed by atoms with Crippen molar-refractivity contribution in [1.29, 1.82) is 0 Å². The molecule has 1 atom stereocenters. The Morgan fingerprint density at radius 1 is 0.909 bits per heavy atom. The van der Waals surface area contributed by atoms with Crippen molar-refractivity contribution in [2.24, 2.45) is 17.8 Å². The fourth-order valence-electron chi connectivity index (χ4n) is 3.17. The van der Waals surface area contributed by atoms with Gasteiger partial charge in [-0.2, -0.15) is 0 Å². The van der Waals surface area contributed by atoms with Crippen molar-refractivity contribution in [1.82, 2.24) is 0 Å². The summed E-state index contributed by atoms with van der Waals surface area (Å²) in [5.74, 6) is 3.35. The van der Waals surface area contributed by atoms with E-state index in [4.69, 9.17) is 0 Å². The maximum absolute atomic E-state index is 2.38. The van der Waals surface area contributed by atoms with E-state index in [1.807, 2.05) is 0 Å². The number of fused-ring (bicyclic) bond motifs is 4. The molecular weight excluding hydrogens is 132 g/mol. The van der Waals surface area contributed by atoms with E-state index in [1.165, 1.54) is 6.42 Å². The molecule has 0 spiro atoms. The predicted molar refractivity (Wildman–Crippen MR) is 48.5 cm³/mol. The number of hydrogen-bond donors (Lipinski definition) is 0. The van der Waals surface area contributed by atoms with Crippen LogP contribution in [0.25, 0.3) is 0 Å². The van der Waals surface area contributed by atoms with Gasteiger partial charge in [0.15, 0.2) is 0 Å². The Morgan fingerprint density at radius 2 is 1.55 bits per heavy atom. The van der Waals surface area contributed by atoms with E-state index < -0.39 is 0 Å². The highest BCUT2D eigenvalue weighted by Gasteiger charge is 2.30. The summed E-state index contributed by atoms with van der Waals surface area (Å²) in [7, 11) is 0. The van der Waals surface area contributed by atoms with Gasteiger partial charge >= 0.3 is 0 Å². The van der Waals surface area contributed by atoms with Crippen LogP contribution in [0.2, 0.25) is 0 Å². The highest BCUT2D eigenvalue weighted by atomic mass is 14.4. The van der Waals surface area contributed by atoms with E-state index in [9.17, 15) is 0 Å². The molecule has 0 radical (unpaired) electrons. The van der Waals surface area contributed by atoms with E-state index in [1.54, 1.807) is 38.5 Å². The van der Waals surface area contributed by atoms with Crippen LogP contribution in [0.3, 0.4) is 0 Å². The molecule has 11 heavy (non-hydrogen) atoms. The highest BCUT2D eigenvalue weighted by Crippen LogP contribution is 2.43. The molecule has 0 nitrogen and oxygen atoms in total. The fourth-order valence-corrected chi connectivity index (χ4v) is 3.17. The smallest absolute Gasteiger partial charge is 0.0386 e. The molecule has 0 aromatic heterocycles. The zero-order valence-corrected chi connectivity index (χ0v) is 7.68. The minimum Gasteiger partial charge on any atom is -0.0651 e. The molecule has 3 aliphatic carbocycles. The van der Waals surface area contributed by atoms with E-state index in [2.05, 4.69) is 6.92 Å². The largest absolute Gasteiger partial charge is 0.0651 e. The van der Waals surface area contributed by atoms with Crippen molar-refractivity contribution < 1.29 is 0 Å². The molecule has 0 heteroatoms. The van der Waals surface area contributed by atoms with E-state index in [0.717, 1.165) is 17.8 Å². The number of rotatable bonds is 1. The van der Waals surface area contributed by atoms with Gasteiger partial charge in [-0.3, -0.25) is 0 Å². The zero-order chi connectivity index (χ0) is 7.68. The second-order valence-electron chi connectivity index (χ2n) is 4.53. The first-order valence-corrected chi connectivity index (χ1v) is 5.40. The van der Waals surface area contributed by atoms with Crippen LogP contribution in [-0.2, 0) is 0 Å². The lowest BCUT2D eigenvalue weighted by molar-refractivity contribution is 0.252. The van der Waals surface area contributed by atoms with E-state index in [-0.39, 0.29) is 0 Å². The predicted octanol–water partition coefficient (Wildman–Crippen LogP) is 3.61. The lowest BCUT2D eigenvalue weighted by atomic mass is 9.79. The molecule has 1 unspecified atom stereocenters. The van der Waals surface area contributed by atoms with Crippen LogP contribution in [0.1, 0.15) is 51.9 Å². The van der Waals surface area contributed by atoms with Crippen molar-refractivity contribution in [2.45, 2.75) is 51.9 Å². The van der Waals surface area contributed by atoms with Crippen molar-refractivity contribution in [3.05, 3.63) is 0 Å². The zero-order valence-electron chi connectivity index (χ0n) is 7.68. The second kappa shape index (κ2) is 3.16. The summed E-state index contributed by atoms with van der Waals surface area (Å²) < 4.78 is 0. The Labute approximate surface area is 70.4 Å². The Hall–Kier alpha value is 0. The molecule has 3 fully saturated rings. The molecule has 0 saturated heterocycles. The van der Waals surface area contributed by atoms with Crippen molar-refractivity contribution in [3.63, 3.8) is 0 Å². The molecule has 64 valence electrons. The molecule has 0 heterocycles. The lowest BCUT2D eigenvalue weighted by Gasteiger charge is -2.26. The Balaban J connectivity index is 2.03. The molecule has 3 rings (SSSR count). The van der Waals surface area contributed by atoms with Crippen LogP contribution in [0.5, 0.6) is 0 Å². The van der Waals surface area contributed by atoms with Crippen molar-refractivity contribution in [3.8, 4) is 0 Å². The molecule has 2 bridgehead atoms. The summed E-state index contributed by atoms with van der Waals surface area (Å²) in [6, 6.07) is 0. The average molecular weight is 152 g/mol. The Bertz CT molecular complexity index is 120. The summed E-state index contributed by atoms with van der Waals surface area (Å²) in [5.41, 5.74) is 0. The Kier molecular flexibility index (Phi) is 2.20. The SMILES string of the molecule is CCC1CCC2CCC1CC2. The average Bonchev–Trinajstić information content (AvgIpc) is 2.36. The topological polar surface area (TPSA) is 0 Å². The van der Waals surface area contributed by atoms with Crippen LogP contribution in [0, 0.1) is 17.8 Å². The van der Waals surface area contributed by atoms with Gasteiger partial charge in [-0.25, -0.2) is 0 Å². The third-order valence-electron chi connectivity index (χ3n) is 4.03. The summed E-state index contributed by atoms with van der Waals surface area (Å²) in [6.07, 6.45) is 10.8. The summed E-state index contributed by atoms with van der Waals surface area (Å²) in [6.45, 7) is 2.38. The Morgan fingerprint density at radius 3 is 2.18 bits per heavy atom. The fraction of sp³-hybridized carbons (Fsp3) is 1.00. The molecule has 3 aliphatic rings.